The highest BCUT2D eigenvalue weighted by Gasteiger charge is 2.14. The number of nitrogens with zero attached hydrogens (tertiary/aromatic N) is 2. The fraction of sp³-hybridized carbons (Fsp3) is 0.312. The van der Waals surface area contributed by atoms with Crippen molar-refractivity contribution in [1.29, 1.82) is 0 Å². The first kappa shape index (κ1) is 14.6. The Morgan fingerprint density at radius 1 is 1.23 bits per heavy atom. The van der Waals surface area contributed by atoms with E-state index in [1.54, 1.807) is 28.5 Å². The number of fused-ring (bicyclic) bond motifs is 1. The second kappa shape index (κ2) is 6.21. The number of aliphatic hydroxyl groups excluding tert-OH is 1. The van der Waals surface area contributed by atoms with Gasteiger partial charge in [0.2, 0.25) is 0 Å². The van der Waals surface area contributed by atoms with Gasteiger partial charge < -0.3 is 14.3 Å². The molecule has 0 aliphatic carbocycles. The van der Waals surface area contributed by atoms with E-state index in [1.807, 2.05) is 30.3 Å². The average molecular weight is 302 g/mol. The van der Waals surface area contributed by atoms with E-state index < -0.39 is 6.10 Å². The summed E-state index contributed by atoms with van der Waals surface area (Å²) in [5.74, 6) is 0.703. The Morgan fingerprint density at radius 2 is 2.00 bits per heavy atom. The number of benzene rings is 1. The van der Waals surface area contributed by atoms with Crippen LogP contribution in [-0.2, 0) is 24.9 Å². The summed E-state index contributed by atoms with van der Waals surface area (Å²) < 4.78 is 13.7. The zero-order valence-corrected chi connectivity index (χ0v) is 12.3. The van der Waals surface area contributed by atoms with Gasteiger partial charge in [0.1, 0.15) is 12.4 Å². The molecule has 1 N–H and O–H groups in total. The number of furan rings is 1. The molecule has 6 heteroatoms. The molecule has 1 atom stereocenters. The third-order valence-corrected chi connectivity index (χ3v) is 3.58. The van der Waals surface area contributed by atoms with Gasteiger partial charge in [0.15, 0.2) is 0 Å². The molecule has 3 rings (SSSR count). The van der Waals surface area contributed by atoms with Gasteiger partial charge in [0, 0.05) is 7.05 Å². The van der Waals surface area contributed by atoms with Crippen LogP contribution in [0.15, 0.2) is 51.9 Å². The molecular formula is C16H18N2O4. The van der Waals surface area contributed by atoms with Gasteiger partial charge in [-0.3, -0.25) is 9.13 Å². The number of hydrogen-bond acceptors (Lipinski definition) is 4. The van der Waals surface area contributed by atoms with Crippen molar-refractivity contribution in [2.75, 3.05) is 6.61 Å². The molecule has 0 spiro atoms. The van der Waals surface area contributed by atoms with Crippen LogP contribution in [0.4, 0.5) is 0 Å². The van der Waals surface area contributed by atoms with E-state index >= 15 is 0 Å². The number of imidazole rings is 1. The molecule has 0 aliphatic rings. The standard InChI is InChI=1S/C16H18N2O4/c1-17-14-6-2-3-7-15(14)18(16(17)20)9-12(19)10-21-11-13-5-4-8-22-13/h2-8,12,19H,9-11H2,1H3/t12-/m0/s1. The summed E-state index contributed by atoms with van der Waals surface area (Å²) in [4.78, 5) is 12.2. The molecule has 0 amide bonds. The van der Waals surface area contributed by atoms with Crippen molar-refractivity contribution in [2.24, 2.45) is 7.05 Å². The van der Waals surface area contributed by atoms with E-state index in [9.17, 15) is 9.90 Å². The molecular weight excluding hydrogens is 284 g/mol. The van der Waals surface area contributed by atoms with Gasteiger partial charge in [0.05, 0.1) is 36.6 Å². The molecule has 0 radical (unpaired) electrons. The Bertz CT molecular complexity index is 801. The van der Waals surface area contributed by atoms with Gasteiger partial charge in [-0.2, -0.15) is 0 Å². The molecule has 0 saturated heterocycles. The molecule has 22 heavy (non-hydrogen) atoms. The van der Waals surface area contributed by atoms with E-state index in [-0.39, 0.29) is 18.8 Å². The SMILES string of the molecule is Cn1c(=O)n(C[C@H](O)COCc2ccco2)c2ccccc21. The normalized spacial score (nSPS) is 12.8. The summed E-state index contributed by atoms with van der Waals surface area (Å²) in [6.07, 6.45) is 0.809. The minimum atomic E-state index is -0.765. The molecule has 2 aromatic heterocycles. The topological polar surface area (TPSA) is 69.5 Å². The highest BCUT2D eigenvalue weighted by atomic mass is 16.5. The van der Waals surface area contributed by atoms with Crippen molar-refractivity contribution in [1.82, 2.24) is 9.13 Å². The molecule has 0 saturated carbocycles. The maximum Gasteiger partial charge on any atom is 0.328 e. The molecule has 0 fully saturated rings. The van der Waals surface area contributed by atoms with E-state index in [0.717, 1.165) is 11.0 Å². The van der Waals surface area contributed by atoms with Crippen molar-refractivity contribution in [3.8, 4) is 0 Å². The molecule has 0 unspecified atom stereocenters. The van der Waals surface area contributed by atoms with Gasteiger partial charge in [-0.15, -0.1) is 0 Å². The van der Waals surface area contributed by atoms with E-state index in [2.05, 4.69) is 0 Å². The molecule has 0 aliphatic heterocycles. The van der Waals surface area contributed by atoms with Crippen LogP contribution in [0, 0.1) is 0 Å². The number of ether oxygens (including phenoxy) is 1. The first-order valence-corrected chi connectivity index (χ1v) is 7.09. The second-order valence-corrected chi connectivity index (χ2v) is 5.19. The van der Waals surface area contributed by atoms with Gasteiger partial charge in [-0.1, -0.05) is 12.1 Å². The van der Waals surface area contributed by atoms with E-state index in [4.69, 9.17) is 9.15 Å². The minimum absolute atomic E-state index is 0.135. The van der Waals surface area contributed by atoms with Gasteiger partial charge >= 0.3 is 5.69 Å². The number of para-hydroxylation sites is 2. The predicted octanol–water partition coefficient (Wildman–Crippen LogP) is 1.51. The molecule has 6 nitrogen and oxygen atoms in total. The summed E-state index contributed by atoms with van der Waals surface area (Å²) in [5, 5.41) is 10.1. The summed E-state index contributed by atoms with van der Waals surface area (Å²) >= 11 is 0. The van der Waals surface area contributed by atoms with Crippen molar-refractivity contribution in [2.45, 2.75) is 19.3 Å². The van der Waals surface area contributed by atoms with Crippen LogP contribution >= 0.6 is 0 Å². The van der Waals surface area contributed by atoms with Crippen molar-refractivity contribution in [3.63, 3.8) is 0 Å². The van der Waals surface area contributed by atoms with Crippen LogP contribution in [0.2, 0.25) is 0 Å². The number of rotatable bonds is 6. The fourth-order valence-electron chi connectivity index (χ4n) is 2.49. The Kier molecular flexibility index (Phi) is 4.13. The Balaban J connectivity index is 1.67. The minimum Gasteiger partial charge on any atom is -0.467 e. The third-order valence-electron chi connectivity index (χ3n) is 3.58. The largest absolute Gasteiger partial charge is 0.467 e. The first-order valence-electron chi connectivity index (χ1n) is 7.09. The van der Waals surface area contributed by atoms with Gasteiger partial charge in [-0.25, -0.2) is 4.79 Å². The van der Waals surface area contributed by atoms with Gasteiger partial charge in [-0.05, 0) is 24.3 Å². The molecule has 0 bridgehead atoms. The number of aryl methyl sites for hydroxylation is 1. The van der Waals surface area contributed by atoms with Crippen molar-refractivity contribution < 1.29 is 14.3 Å². The summed E-state index contributed by atoms with van der Waals surface area (Å²) in [6, 6.07) is 11.1. The maximum atomic E-state index is 12.2. The van der Waals surface area contributed by atoms with Crippen LogP contribution in [-0.4, -0.2) is 27.0 Å². The van der Waals surface area contributed by atoms with E-state index in [0.29, 0.717) is 12.4 Å². The average Bonchev–Trinajstić information content (AvgIpc) is 3.11. The van der Waals surface area contributed by atoms with Crippen LogP contribution in [0.1, 0.15) is 5.76 Å². The van der Waals surface area contributed by atoms with E-state index in [1.165, 1.54) is 0 Å². The van der Waals surface area contributed by atoms with Gasteiger partial charge in [0.25, 0.3) is 0 Å². The smallest absolute Gasteiger partial charge is 0.328 e. The quantitative estimate of drug-likeness (QED) is 0.749. The zero-order valence-electron chi connectivity index (χ0n) is 12.3. The summed E-state index contributed by atoms with van der Waals surface area (Å²) in [6.45, 7) is 0.628. The number of aromatic nitrogens is 2. The van der Waals surface area contributed by atoms with Crippen molar-refractivity contribution in [3.05, 3.63) is 58.9 Å². The zero-order chi connectivity index (χ0) is 15.5. The van der Waals surface area contributed by atoms with Crippen LogP contribution in [0.5, 0.6) is 0 Å². The molecule has 3 aromatic rings. The highest BCUT2D eigenvalue weighted by molar-refractivity contribution is 5.75. The van der Waals surface area contributed by atoms with Crippen LogP contribution in [0.3, 0.4) is 0 Å². The number of aliphatic hydroxyl groups is 1. The summed E-state index contributed by atoms with van der Waals surface area (Å²) in [7, 11) is 1.72. The predicted molar refractivity (Wildman–Crippen MR) is 81.5 cm³/mol. The Labute approximate surface area is 127 Å². The lowest BCUT2D eigenvalue weighted by atomic mass is 10.3. The Morgan fingerprint density at radius 3 is 2.73 bits per heavy atom. The lowest BCUT2D eigenvalue weighted by Crippen LogP contribution is -2.29. The monoisotopic (exact) mass is 302 g/mol. The lowest BCUT2D eigenvalue weighted by Gasteiger charge is -2.11. The molecule has 2 heterocycles. The Hall–Kier alpha value is -2.31. The highest BCUT2D eigenvalue weighted by Crippen LogP contribution is 2.12. The third kappa shape index (κ3) is 2.84. The van der Waals surface area contributed by atoms with Crippen LogP contribution < -0.4 is 5.69 Å². The fourth-order valence-corrected chi connectivity index (χ4v) is 2.49. The van der Waals surface area contributed by atoms with Crippen LogP contribution in [0.25, 0.3) is 11.0 Å². The molecule has 1 aromatic carbocycles. The van der Waals surface area contributed by atoms with Crippen molar-refractivity contribution >= 4 is 11.0 Å². The summed E-state index contributed by atoms with van der Waals surface area (Å²) in [5.41, 5.74) is 1.50. The maximum absolute atomic E-state index is 12.2. The lowest BCUT2D eigenvalue weighted by molar-refractivity contribution is 0.0147. The first-order chi connectivity index (χ1) is 10.7. The second-order valence-electron chi connectivity index (χ2n) is 5.19. The number of hydrogen-bond donors (Lipinski definition) is 1. The molecule has 116 valence electrons.